The second kappa shape index (κ2) is 6.20. The zero-order valence-corrected chi connectivity index (χ0v) is 13.0. The highest BCUT2D eigenvalue weighted by atomic mass is 35.5. The number of carbonyl (C=O) groups is 1. The normalized spacial score (nSPS) is 25.4. The summed E-state index contributed by atoms with van der Waals surface area (Å²) in [4.78, 5) is 19.0. The Morgan fingerprint density at radius 3 is 3.05 bits per heavy atom. The van der Waals surface area contributed by atoms with Gasteiger partial charge in [0.25, 0.3) is 5.91 Å². The first kappa shape index (κ1) is 14.6. The smallest absolute Gasteiger partial charge is 0.251 e. The summed E-state index contributed by atoms with van der Waals surface area (Å²) >= 11 is 5.95. The Hall–Kier alpha value is -1.33. The molecule has 1 amide bonds. The molecule has 1 aromatic heterocycles. The molecule has 2 N–H and O–H groups in total. The van der Waals surface area contributed by atoms with Crippen molar-refractivity contribution < 1.29 is 4.79 Å². The van der Waals surface area contributed by atoms with Crippen molar-refractivity contribution in [2.75, 3.05) is 25.5 Å². The van der Waals surface area contributed by atoms with Crippen LogP contribution in [0.5, 0.6) is 0 Å². The number of piperidine rings is 1. The van der Waals surface area contributed by atoms with E-state index in [1.54, 1.807) is 19.2 Å². The van der Waals surface area contributed by atoms with Gasteiger partial charge in [-0.3, -0.25) is 4.79 Å². The summed E-state index contributed by atoms with van der Waals surface area (Å²) in [5.74, 6) is 0.547. The summed E-state index contributed by atoms with van der Waals surface area (Å²) in [6.07, 6.45) is 4.64. The average Bonchev–Trinajstić information content (AvgIpc) is 2.94. The third-order valence-electron chi connectivity index (χ3n) is 4.47. The largest absolute Gasteiger partial charge is 0.373 e. The van der Waals surface area contributed by atoms with Crippen molar-refractivity contribution in [2.24, 2.45) is 0 Å². The molecule has 0 radical (unpaired) electrons. The zero-order valence-electron chi connectivity index (χ0n) is 12.2. The number of anilines is 1. The number of nitrogens with zero attached hydrogens (tertiary/aromatic N) is 2. The first-order valence-electron chi connectivity index (χ1n) is 7.56. The lowest BCUT2D eigenvalue weighted by Gasteiger charge is -2.35. The van der Waals surface area contributed by atoms with E-state index in [0.717, 1.165) is 19.4 Å². The molecule has 2 saturated heterocycles. The van der Waals surface area contributed by atoms with Crippen molar-refractivity contribution in [3.05, 3.63) is 22.8 Å². The van der Waals surface area contributed by atoms with Gasteiger partial charge in [0.2, 0.25) is 0 Å². The fraction of sp³-hybridized carbons (Fsp3) is 0.600. The molecular weight excluding hydrogens is 288 g/mol. The van der Waals surface area contributed by atoms with E-state index in [9.17, 15) is 4.79 Å². The summed E-state index contributed by atoms with van der Waals surface area (Å²) in [5, 5.41) is 6.39. The Bertz CT molecular complexity index is 536. The number of nitrogens with one attached hydrogen (secondary N) is 2. The minimum atomic E-state index is -0.0627. The van der Waals surface area contributed by atoms with Gasteiger partial charge >= 0.3 is 0 Å². The third kappa shape index (κ3) is 3.30. The molecule has 2 fully saturated rings. The molecule has 2 aliphatic heterocycles. The maximum Gasteiger partial charge on any atom is 0.251 e. The van der Waals surface area contributed by atoms with Crippen molar-refractivity contribution in [3.8, 4) is 0 Å². The first-order valence-corrected chi connectivity index (χ1v) is 7.94. The van der Waals surface area contributed by atoms with Crippen molar-refractivity contribution >= 4 is 23.3 Å². The van der Waals surface area contributed by atoms with E-state index in [1.807, 2.05) is 0 Å². The van der Waals surface area contributed by atoms with Crippen LogP contribution in [-0.2, 0) is 0 Å². The van der Waals surface area contributed by atoms with Crippen LogP contribution in [0.2, 0.25) is 5.15 Å². The second-order valence-electron chi connectivity index (χ2n) is 5.84. The standard InChI is InChI=1S/C15H21ClN4O/c1-17-14-8-10(7-13(16)19-14)15(21)18-11-4-6-20-5-2-3-12(20)9-11/h7-8,11-12H,2-6,9H2,1H3,(H,17,19)(H,18,21). The number of amides is 1. The minimum absolute atomic E-state index is 0.0627. The molecular formula is C15H21ClN4O. The number of halogens is 1. The molecule has 3 rings (SSSR count). The summed E-state index contributed by atoms with van der Waals surface area (Å²) in [5.41, 5.74) is 0.563. The molecule has 0 bridgehead atoms. The van der Waals surface area contributed by atoms with E-state index in [4.69, 9.17) is 11.6 Å². The number of pyridine rings is 1. The number of carbonyl (C=O) groups excluding carboxylic acids is 1. The molecule has 0 aromatic carbocycles. The Morgan fingerprint density at radius 2 is 2.24 bits per heavy atom. The fourth-order valence-electron chi connectivity index (χ4n) is 3.38. The number of aromatic nitrogens is 1. The van der Waals surface area contributed by atoms with E-state index in [2.05, 4.69) is 20.5 Å². The topological polar surface area (TPSA) is 57.3 Å². The predicted molar refractivity (Wildman–Crippen MR) is 83.9 cm³/mol. The van der Waals surface area contributed by atoms with Gasteiger partial charge in [-0.05, 0) is 44.4 Å². The molecule has 2 aliphatic rings. The van der Waals surface area contributed by atoms with E-state index in [0.29, 0.717) is 22.6 Å². The van der Waals surface area contributed by atoms with Gasteiger partial charge < -0.3 is 15.5 Å². The van der Waals surface area contributed by atoms with Gasteiger partial charge in [-0.1, -0.05) is 11.6 Å². The van der Waals surface area contributed by atoms with Gasteiger partial charge in [0, 0.05) is 31.2 Å². The number of fused-ring (bicyclic) bond motifs is 1. The molecule has 0 saturated carbocycles. The summed E-state index contributed by atoms with van der Waals surface area (Å²) in [7, 11) is 1.76. The van der Waals surface area contributed by atoms with Crippen molar-refractivity contribution in [1.29, 1.82) is 0 Å². The Kier molecular flexibility index (Phi) is 4.31. The van der Waals surface area contributed by atoms with Gasteiger partial charge in [0.15, 0.2) is 0 Å². The van der Waals surface area contributed by atoms with E-state index in [-0.39, 0.29) is 11.9 Å². The lowest BCUT2D eigenvalue weighted by molar-refractivity contribution is 0.0896. The number of rotatable bonds is 3. The molecule has 2 unspecified atom stereocenters. The lowest BCUT2D eigenvalue weighted by atomic mass is 9.97. The van der Waals surface area contributed by atoms with Crippen LogP contribution in [0.15, 0.2) is 12.1 Å². The van der Waals surface area contributed by atoms with Crippen LogP contribution in [0.25, 0.3) is 0 Å². The predicted octanol–water partition coefficient (Wildman–Crippen LogP) is 2.13. The van der Waals surface area contributed by atoms with Crippen LogP contribution >= 0.6 is 11.6 Å². The van der Waals surface area contributed by atoms with Gasteiger partial charge in [0.1, 0.15) is 11.0 Å². The third-order valence-corrected chi connectivity index (χ3v) is 4.66. The second-order valence-corrected chi connectivity index (χ2v) is 6.23. The zero-order chi connectivity index (χ0) is 14.8. The number of hydrogen-bond donors (Lipinski definition) is 2. The van der Waals surface area contributed by atoms with Crippen molar-refractivity contribution in [2.45, 2.75) is 37.8 Å². The molecule has 6 heteroatoms. The quantitative estimate of drug-likeness (QED) is 0.840. The van der Waals surface area contributed by atoms with Crippen LogP contribution in [-0.4, -0.2) is 48.0 Å². The van der Waals surface area contributed by atoms with E-state index < -0.39 is 0 Å². The van der Waals surface area contributed by atoms with Crippen LogP contribution < -0.4 is 10.6 Å². The Morgan fingerprint density at radius 1 is 1.38 bits per heavy atom. The summed E-state index contributed by atoms with van der Waals surface area (Å²) in [6, 6.07) is 4.26. The van der Waals surface area contributed by atoms with Gasteiger partial charge in [0.05, 0.1) is 0 Å². The molecule has 1 aromatic rings. The lowest BCUT2D eigenvalue weighted by Crippen LogP contribution is -2.47. The van der Waals surface area contributed by atoms with Crippen molar-refractivity contribution in [3.63, 3.8) is 0 Å². The summed E-state index contributed by atoms with van der Waals surface area (Å²) < 4.78 is 0. The SMILES string of the molecule is CNc1cc(C(=O)NC2CCN3CCCC3C2)cc(Cl)n1. The minimum Gasteiger partial charge on any atom is -0.373 e. The highest BCUT2D eigenvalue weighted by Crippen LogP contribution is 2.27. The van der Waals surface area contributed by atoms with Crippen LogP contribution in [0.1, 0.15) is 36.0 Å². The van der Waals surface area contributed by atoms with E-state index >= 15 is 0 Å². The molecule has 2 atom stereocenters. The fourth-order valence-corrected chi connectivity index (χ4v) is 3.59. The molecule has 3 heterocycles. The maximum atomic E-state index is 12.4. The van der Waals surface area contributed by atoms with Gasteiger partial charge in [-0.25, -0.2) is 4.98 Å². The monoisotopic (exact) mass is 308 g/mol. The summed E-state index contributed by atoms with van der Waals surface area (Å²) in [6.45, 7) is 2.31. The average molecular weight is 309 g/mol. The van der Waals surface area contributed by atoms with Gasteiger partial charge in [-0.15, -0.1) is 0 Å². The molecule has 21 heavy (non-hydrogen) atoms. The van der Waals surface area contributed by atoms with Crippen LogP contribution in [0, 0.1) is 0 Å². The Labute approximate surface area is 130 Å². The number of hydrogen-bond acceptors (Lipinski definition) is 4. The molecule has 0 aliphatic carbocycles. The van der Waals surface area contributed by atoms with Crippen LogP contribution in [0.3, 0.4) is 0 Å². The van der Waals surface area contributed by atoms with Crippen LogP contribution in [0.4, 0.5) is 5.82 Å². The highest BCUT2D eigenvalue weighted by Gasteiger charge is 2.32. The molecule has 5 nitrogen and oxygen atoms in total. The molecule has 114 valence electrons. The maximum absolute atomic E-state index is 12.4. The molecule has 0 spiro atoms. The van der Waals surface area contributed by atoms with Gasteiger partial charge in [-0.2, -0.15) is 0 Å². The first-order chi connectivity index (χ1) is 10.2. The van der Waals surface area contributed by atoms with E-state index in [1.165, 1.54) is 19.4 Å². The highest BCUT2D eigenvalue weighted by molar-refractivity contribution is 6.29. The Balaban J connectivity index is 1.65. The van der Waals surface area contributed by atoms with Crippen molar-refractivity contribution in [1.82, 2.24) is 15.2 Å².